The first-order chi connectivity index (χ1) is 8.75. The zero-order valence-electron chi connectivity index (χ0n) is 11.2. The second-order valence-electron chi connectivity index (χ2n) is 4.66. The molecule has 4 nitrogen and oxygen atoms in total. The number of carbonyl (C=O) groups is 1. The fourth-order valence-electron chi connectivity index (χ4n) is 1.48. The molecule has 0 saturated carbocycles. The van der Waals surface area contributed by atoms with Gasteiger partial charge in [0.1, 0.15) is 0 Å². The summed E-state index contributed by atoms with van der Waals surface area (Å²) >= 11 is 0. The smallest absolute Gasteiger partial charge is 0.252 e. The van der Waals surface area contributed by atoms with Gasteiger partial charge in [0.15, 0.2) is 9.84 Å². The molecule has 19 heavy (non-hydrogen) atoms. The van der Waals surface area contributed by atoms with E-state index in [4.69, 9.17) is 6.42 Å². The third-order valence-corrected chi connectivity index (χ3v) is 3.81. The van der Waals surface area contributed by atoms with Crippen molar-refractivity contribution < 1.29 is 13.2 Å². The van der Waals surface area contributed by atoms with Crippen LogP contribution in [0.25, 0.3) is 0 Å². The van der Waals surface area contributed by atoms with Crippen molar-refractivity contribution >= 4 is 15.7 Å². The van der Waals surface area contributed by atoms with E-state index < -0.39 is 9.84 Å². The molecular formula is C14H17NO3S. The Morgan fingerprint density at radius 3 is 2.16 bits per heavy atom. The lowest BCUT2D eigenvalue weighted by molar-refractivity contribution is 0.0938. The third kappa shape index (κ3) is 4.11. The second kappa shape index (κ2) is 5.89. The van der Waals surface area contributed by atoms with Crippen LogP contribution >= 0.6 is 0 Å². The quantitative estimate of drug-likeness (QED) is 0.849. The van der Waals surface area contributed by atoms with Gasteiger partial charge in [0, 0.05) is 11.8 Å². The van der Waals surface area contributed by atoms with Crippen LogP contribution in [0.4, 0.5) is 0 Å². The minimum absolute atomic E-state index is 0.129. The van der Waals surface area contributed by atoms with Gasteiger partial charge in [-0.3, -0.25) is 4.79 Å². The number of amides is 1. The molecule has 0 aliphatic carbocycles. The van der Waals surface area contributed by atoms with E-state index in [0.29, 0.717) is 5.56 Å². The lowest BCUT2D eigenvalue weighted by atomic mass is 10.0. The van der Waals surface area contributed by atoms with Gasteiger partial charge in [0.2, 0.25) is 0 Å². The van der Waals surface area contributed by atoms with E-state index in [1.807, 2.05) is 13.8 Å². The van der Waals surface area contributed by atoms with E-state index in [9.17, 15) is 13.2 Å². The van der Waals surface area contributed by atoms with Crippen LogP contribution in [-0.2, 0) is 9.84 Å². The van der Waals surface area contributed by atoms with Crippen molar-refractivity contribution in [1.29, 1.82) is 0 Å². The van der Waals surface area contributed by atoms with E-state index in [-0.39, 0.29) is 22.8 Å². The second-order valence-corrected chi connectivity index (χ2v) is 6.67. The largest absolute Gasteiger partial charge is 0.338 e. The van der Waals surface area contributed by atoms with Crippen LogP contribution in [-0.4, -0.2) is 26.6 Å². The normalized spacial score (nSPS) is 12.8. The molecule has 0 saturated heterocycles. The molecule has 0 spiro atoms. The number of carbonyl (C=O) groups excluding carboxylic acids is 1. The fourth-order valence-corrected chi connectivity index (χ4v) is 2.11. The molecule has 0 radical (unpaired) electrons. The average molecular weight is 279 g/mol. The van der Waals surface area contributed by atoms with E-state index in [0.717, 1.165) is 6.26 Å². The number of sulfone groups is 1. The minimum Gasteiger partial charge on any atom is -0.338 e. The Bertz CT molecular complexity index is 595. The zero-order chi connectivity index (χ0) is 14.6. The van der Waals surface area contributed by atoms with Crippen molar-refractivity contribution in [3.63, 3.8) is 0 Å². The van der Waals surface area contributed by atoms with Gasteiger partial charge in [0.25, 0.3) is 5.91 Å². The summed E-state index contributed by atoms with van der Waals surface area (Å²) < 4.78 is 22.6. The Morgan fingerprint density at radius 1 is 1.26 bits per heavy atom. The lowest BCUT2D eigenvalue weighted by Gasteiger charge is -2.16. The fraction of sp³-hybridized carbons (Fsp3) is 0.357. The molecule has 0 bridgehead atoms. The summed E-state index contributed by atoms with van der Waals surface area (Å²) in [6.07, 6.45) is 6.46. The van der Waals surface area contributed by atoms with Gasteiger partial charge >= 0.3 is 0 Å². The van der Waals surface area contributed by atoms with Gasteiger partial charge in [-0.05, 0) is 30.2 Å². The molecule has 1 amide bonds. The predicted octanol–water partition coefficient (Wildman–Crippen LogP) is 1.48. The van der Waals surface area contributed by atoms with Gasteiger partial charge in [-0.1, -0.05) is 19.8 Å². The van der Waals surface area contributed by atoms with E-state index in [2.05, 4.69) is 11.2 Å². The van der Waals surface area contributed by atoms with Crippen LogP contribution in [0, 0.1) is 18.3 Å². The summed E-state index contributed by atoms with van der Waals surface area (Å²) in [5, 5.41) is 2.72. The molecule has 1 aromatic rings. The van der Waals surface area contributed by atoms with Crippen molar-refractivity contribution in [2.24, 2.45) is 5.92 Å². The first-order valence-electron chi connectivity index (χ1n) is 5.83. The van der Waals surface area contributed by atoms with Crippen molar-refractivity contribution in [3.8, 4) is 12.3 Å². The Morgan fingerprint density at radius 2 is 1.79 bits per heavy atom. The van der Waals surface area contributed by atoms with Crippen molar-refractivity contribution in [2.45, 2.75) is 24.8 Å². The molecular weight excluding hydrogens is 262 g/mol. The maximum atomic E-state index is 11.9. The number of rotatable bonds is 4. The molecule has 1 rings (SSSR count). The Kier molecular flexibility index (Phi) is 4.73. The highest BCUT2D eigenvalue weighted by Gasteiger charge is 2.15. The van der Waals surface area contributed by atoms with Gasteiger partial charge in [0.05, 0.1) is 10.9 Å². The van der Waals surface area contributed by atoms with Crippen molar-refractivity contribution in [2.75, 3.05) is 6.26 Å². The lowest BCUT2D eigenvalue weighted by Crippen LogP contribution is -2.37. The summed E-state index contributed by atoms with van der Waals surface area (Å²) in [4.78, 5) is 12.1. The van der Waals surface area contributed by atoms with Gasteiger partial charge in [-0.25, -0.2) is 8.42 Å². The first kappa shape index (κ1) is 15.3. The molecule has 1 aromatic carbocycles. The number of terminal acetylenes is 1. The number of hydrogen-bond acceptors (Lipinski definition) is 3. The highest BCUT2D eigenvalue weighted by molar-refractivity contribution is 7.90. The number of hydrogen-bond donors (Lipinski definition) is 1. The van der Waals surface area contributed by atoms with Crippen LogP contribution in [0.2, 0.25) is 0 Å². The molecule has 1 N–H and O–H groups in total. The summed E-state index contributed by atoms with van der Waals surface area (Å²) in [6, 6.07) is 5.41. The van der Waals surface area contributed by atoms with E-state index in [1.165, 1.54) is 24.3 Å². The molecule has 0 aliphatic heterocycles. The van der Waals surface area contributed by atoms with Crippen molar-refractivity contribution in [1.82, 2.24) is 5.32 Å². The molecule has 5 heteroatoms. The maximum Gasteiger partial charge on any atom is 0.252 e. The van der Waals surface area contributed by atoms with Crippen LogP contribution < -0.4 is 5.32 Å². The molecule has 0 aliphatic rings. The molecule has 0 heterocycles. The molecule has 1 unspecified atom stereocenters. The molecule has 0 fully saturated rings. The summed E-state index contributed by atoms with van der Waals surface area (Å²) in [7, 11) is -3.25. The van der Waals surface area contributed by atoms with Crippen LogP contribution in [0.3, 0.4) is 0 Å². The van der Waals surface area contributed by atoms with Crippen LogP contribution in [0.1, 0.15) is 24.2 Å². The topological polar surface area (TPSA) is 63.2 Å². The van der Waals surface area contributed by atoms with Gasteiger partial charge in [-0.15, -0.1) is 6.42 Å². The molecule has 1 atom stereocenters. The Hall–Kier alpha value is -1.80. The number of benzene rings is 1. The Labute approximate surface area is 114 Å². The van der Waals surface area contributed by atoms with Gasteiger partial charge in [-0.2, -0.15) is 0 Å². The highest BCUT2D eigenvalue weighted by Crippen LogP contribution is 2.11. The monoisotopic (exact) mass is 279 g/mol. The average Bonchev–Trinajstić information content (AvgIpc) is 2.34. The minimum atomic E-state index is -3.25. The Balaban J connectivity index is 2.88. The van der Waals surface area contributed by atoms with E-state index in [1.54, 1.807) is 0 Å². The van der Waals surface area contributed by atoms with Crippen LogP contribution in [0.5, 0.6) is 0 Å². The van der Waals surface area contributed by atoms with Crippen molar-refractivity contribution in [3.05, 3.63) is 29.8 Å². The maximum absolute atomic E-state index is 11.9. The predicted molar refractivity (Wildman–Crippen MR) is 74.5 cm³/mol. The van der Waals surface area contributed by atoms with E-state index >= 15 is 0 Å². The SMILES string of the molecule is C#CC(NC(=O)c1ccc(S(C)(=O)=O)cc1)C(C)C. The zero-order valence-corrected chi connectivity index (χ0v) is 12.0. The third-order valence-electron chi connectivity index (χ3n) is 2.68. The standard InChI is InChI=1S/C14H17NO3S/c1-5-13(10(2)3)15-14(16)11-6-8-12(9-7-11)19(4,17)18/h1,6-10,13H,2-4H3,(H,15,16). The summed E-state index contributed by atoms with van der Waals surface area (Å²) in [5.74, 6) is 2.33. The molecule has 102 valence electrons. The van der Waals surface area contributed by atoms with Gasteiger partial charge < -0.3 is 5.32 Å². The summed E-state index contributed by atoms with van der Waals surface area (Å²) in [6.45, 7) is 3.83. The first-order valence-corrected chi connectivity index (χ1v) is 7.72. The molecule has 0 aromatic heterocycles. The summed E-state index contributed by atoms with van der Waals surface area (Å²) in [5.41, 5.74) is 0.383. The van der Waals surface area contributed by atoms with Crippen LogP contribution in [0.15, 0.2) is 29.2 Å². The number of nitrogens with one attached hydrogen (secondary N) is 1. The highest BCUT2D eigenvalue weighted by atomic mass is 32.2.